The molecule has 18 heavy (non-hydrogen) atoms. The number of hydrogen-bond donors (Lipinski definition) is 1. The van der Waals surface area contributed by atoms with Crippen molar-refractivity contribution in [2.75, 3.05) is 0 Å². The van der Waals surface area contributed by atoms with E-state index < -0.39 is 6.29 Å². The lowest BCUT2D eigenvalue weighted by Gasteiger charge is -2.06. The highest BCUT2D eigenvalue weighted by atomic mass is 19.3. The van der Waals surface area contributed by atoms with E-state index in [2.05, 4.69) is 19.7 Å². The monoisotopic (exact) mass is 252 g/mol. The number of carbonyl (C=O) groups is 1. The SMILES string of the molecule is O=Cc1cn[nH]c1-c1cccc2c1OC(F)(F)O2. The van der Waals surface area contributed by atoms with E-state index in [0.29, 0.717) is 17.5 Å². The predicted molar refractivity (Wildman–Crippen MR) is 55.6 cm³/mol. The minimum absolute atomic E-state index is 0.0797. The molecule has 0 spiro atoms. The van der Waals surface area contributed by atoms with Gasteiger partial charge in [-0.2, -0.15) is 5.10 Å². The van der Waals surface area contributed by atoms with Crippen LogP contribution in [0.15, 0.2) is 24.4 Å². The van der Waals surface area contributed by atoms with E-state index in [4.69, 9.17) is 0 Å². The zero-order valence-corrected chi connectivity index (χ0v) is 8.81. The fraction of sp³-hybridized carbons (Fsp3) is 0.0909. The standard InChI is InChI=1S/C11H6F2N2O3/c12-11(13)17-8-3-1-2-7(10(8)18-11)9-6(5-16)4-14-15-9/h1-5H,(H,14,15). The number of nitrogens with zero attached hydrogens (tertiary/aromatic N) is 1. The molecule has 0 unspecified atom stereocenters. The average molecular weight is 252 g/mol. The third kappa shape index (κ3) is 1.52. The van der Waals surface area contributed by atoms with Crippen LogP contribution in [0.2, 0.25) is 0 Å². The van der Waals surface area contributed by atoms with Crippen LogP contribution in [0, 0.1) is 0 Å². The van der Waals surface area contributed by atoms with Crippen LogP contribution in [0.3, 0.4) is 0 Å². The number of carbonyl (C=O) groups excluding carboxylic acids is 1. The van der Waals surface area contributed by atoms with Crippen LogP contribution < -0.4 is 9.47 Å². The summed E-state index contributed by atoms with van der Waals surface area (Å²) in [5.41, 5.74) is 0.856. The van der Waals surface area contributed by atoms with Gasteiger partial charge < -0.3 is 9.47 Å². The van der Waals surface area contributed by atoms with Crippen LogP contribution >= 0.6 is 0 Å². The van der Waals surface area contributed by atoms with E-state index in [-0.39, 0.29) is 17.1 Å². The molecule has 0 aliphatic carbocycles. The lowest BCUT2D eigenvalue weighted by atomic mass is 10.1. The fourth-order valence-electron chi connectivity index (χ4n) is 1.77. The Morgan fingerprint density at radius 2 is 2.17 bits per heavy atom. The molecule has 0 fully saturated rings. The number of rotatable bonds is 2. The predicted octanol–water partition coefficient (Wildman–Crippen LogP) is 2.21. The van der Waals surface area contributed by atoms with Gasteiger partial charge in [0.25, 0.3) is 0 Å². The Bertz CT molecular complexity index is 625. The number of para-hydroxylation sites is 1. The fourth-order valence-corrected chi connectivity index (χ4v) is 1.77. The topological polar surface area (TPSA) is 64.2 Å². The molecule has 1 aromatic heterocycles. The summed E-state index contributed by atoms with van der Waals surface area (Å²) in [5, 5.41) is 6.26. The quantitative estimate of drug-likeness (QED) is 0.832. The minimum atomic E-state index is -3.69. The van der Waals surface area contributed by atoms with Crippen molar-refractivity contribution in [1.82, 2.24) is 10.2 Å². The molecule has 5 nitrogen and oxygen atoms in total. The molecule has 92 valence electrons. The molecule has 1 aliphatic rings. The summed E-state index contributed by atoms with van der Waals surface area (Å²) >= 11 is 0. The van der Waals surface area contributed by atoms with Crippen molar-refractivity contribution in [1.29, 1.82) is 0 Å². The Labute approximate surface area is 99.3 Å². The molecule has 1 aliphatic heterocycles. The Kier molecular flexibility index (Phi) is 2.09. The van der Waals surface area contributed by atoms with Crippen LogP contribution in [0.4, 0.5) is 8.78 Å². The van der Waals surface area contributed by atoms with Gasteiger partial charge in [-0.05, 0) is 12.1 Å². The van der Waals surface area contributed by atoms with Crippen molar-refractivity contribution in [2.24, 2.45) is 0 Å². The summed E-state index contributed by atoms with van der Waals surface area (Å²) in [5.74, 6) is -0.196. The molecule has 2 aromatic rings. The lowest BCUT2D eigenvalue weighted by Crippen LogP contribution is -2.26. The second kappa shape index (κ2) is 3.52. The number of hydrogen-bond acceptors (Lipinski definition) is 4. The molecule has 0 atom stereocenters. The number of alkyl halides is 2. The van der Waals surface area contributed by atoms with Crippen molar-refractivity contribution in [2.45, 2.75) is 6.29 Å². The van der Waals surface area contributed by atoms with E-state index in [9.17, 15) is 13.6 Å². The van der Waals surface area contributed by atoms with Gasteiger partial charge in [-0.25, -0.2) is 0 Å². The number of fused-ring (bicyclic) bond motifs is 1. The van der Waals surface area contributed by atoms with Gasteiger partial charge >= 0.3 is 6.29 Å². The molecule has 0 bridgehead atoms. The molecular weight excluding hydrogens is 246 g/mol. The summed E-state index contributed by atoms with van der Waals surface area (Å²) in [6, 6.07) is 4.41. The van der Waals surface area contributed by atoms with Gasteiger partial charge in [0.05, 0.1) is 17.5 Å². The second-order valence-electron chi connectivity index (χ2n) is 3.62. The summed E-state index contributed by atoms with van der Waals surface area (Å²) in [6.07, 6.45) is -1.82. The Balaban J connectivity index is 2.16. The first-order valence-corrected chi connectivity index (χ1v) is 4.98. The number of nitrogens with one attached hydrogen (secondary N) is 1. The highest BCUT2D eigenvalue weighted by Gasteiger charge is 2.44. The number of aromatic amines is 1. The van der Waals surface area contributed by atoms with E-state index in [0.717, 1.165) is 0 Å². The smallest absolute Gasteiger partial charge is 0.395 e. The molecule has 0 radical (unpaired) electrons. The number of benzene rings is 1. The van der Waals surface area contributed by atoms with Crippen LogP contribution in [0.5, 0.6) is 11.5 Å². The van der Waals surface area contributed by atoms with Gasteiger partial charge in [0, 0.05) is 5.56 Å². The van der Waals surface area contributed by atoms with Crippen molar-refractivity contribution in [3.8, 4) is 22.8 Å². The largest absolute Gasteiger partial charge is 0.586 e. The van der Waals surface area contributed by atoms with E-state index in [1.807, 2.05) is 0 Å². The normalized spacial score (nSPS) is 15.7. The molecular formula is C11H6F2N2O3. The Hall–Kier alpha value is -2.44. The molecule has 0 saturated heterocycles. The number of aromatic nitrogens is 2. The third-order valence-corrected chi connectivity index (χ3v) is 2.49. The number of aldehydes is 1. The highest BCUT2D eigenvalue weighted by molar-refractivity contribution is 5.87. The van der Waals surface area contributed by atoms with Crippen molar-refractivity contribution >= 4 is 6.29 Å². The van der Waals surface area contributed by atoms with Gasteiger partial charge in [-0.15, -0.1) is 8.78 Å². The van der Waals surface area contributed by atoms with Gasteiger partial charge in [-0.3, -0.25) is 9.89 Å². The summed E-state index contributed by atoms with van der Waals surface area (Å²) in [7, 11) is 0. The van der Waals surface area contributed by atoms with Gasteiger partial charge in [0.2, 0.25) is 0 Å². The molecule has 1 N–H and O–H groups in total. The first-order chi connectivity index (χ1) is 8.61. The van der Waals surface area contributed by atoms with Gasteiger partial charge in [-0.1, -0.05) is 6.07 Å². The third-order valence-electron chi connectivity index (χ3n) is 2.49. The molecule has 1 aromatic carbocycles. The van der Waals surface area contributed by atoms with Crippen LogP contribution in [0.25, 0.3) is 11.3 Å². The van der Waals surface area contributed by atoms with Crippen molar-refractivity contribution < 1.29 is 23.0 Å². The van der Waals surface area contributed by atoms with E-state index in [1.54, 1.807) is 0 Å². The summed E-state index contributed by atoms with van der Waals surface area (Å²) in [6.45, 7) is 0. The molecule has 3 rings (SSSR count). The lowest BCUT2D eigenvalue weighted by molar-refractivity contribution is -0.286. The van der Waals surface area contributed by atoms with Crippen LogP contribution in [-0.2, 0) is 0 Å². The molecule has 0 saturated carbocycles. The number of H-pyrrole nitrogens is 1. The Morgan fingerprint density at radius 1 is 1.33 bits per heavy atom. The molecule has 0 amide bonds. The maximum atomic E-state index is 13.0. The van der Waals surface area contributed by atoms with Crippen molar-refractivity contribution in [3.63, 3.8) is 0 Å². The van der Waals surface area contributed by atoms with Crippen molar-refractivity contribution in [3.05, 3.63) is 30.0 Å². The molecule has 7 heteroatoms. The second-order valence-corrected chi connectivity index (χ2v) is 3.62. The zero-order valence-electron chi connectivity index (χ0n) is 8.81. The Morgan fingerprint density at radius 3 is 2.94 bits per heavy atom. The number of halogens is 2. The van der Waals surface area contributed by atoms with Gasteiger partial charge in [0.15, 0.2) is 17.8 Å². The summed E-state index contributed by atoms with van der Waals surface area (Å²) < 4.78 is 34.8. The van der Waals surface area contributed by atoms with E-state index in [1.165, 1.54) is 24.4 Å². The average Bonchev–Trinajstić information content (AvgIpc) is 2.89. The zero-order chi connectivity index (χ0) is 12.8. The highest BCUT2D eigenvalue weighted by Crippen LogP contribution is 2.46. The van der Waals surface area contributed by atoms with Crippen LogP contribution in [0.1, 0.15) is 10.4 Å². The minimum Gasteiger partial charge on any atom is -0.395 e. The first kappa shape index (κ1) is 10.7. The maximum absolute atomic E-state index is 13.0. The van der Waals surface area contributed by atoms with Gasteiger partial charge in [0.1, 0.15) is 0 Å². The maximum Gasteiger partial charge on any atom is 0.586 e. The summed E-state index contributed by atoms with van der Waals surface area (Å²) in [4.78, 5) is 10.8. The van der Waals surface area contributed by atoms with Crippen LogP contribution in [-0.4, -0.2) is 22.8 Å². The van der Waals surface area contributed by atoms with E-state index >= 15 is 0 Å². The molecule has 2 heterocycles. The first-order valence-electron chi connectivity index (χ1n) is 4.98. The number of ether oxygens (including phenoxy) is 2.